The van der Waals surface area contributed by atoms with Crippen molar-refractivity contribution in [3.8, 4) is 11.5 Å². The number of rotatable bonds is 7. The molecule has 4 aromatic heterocycles. The zero-order valence-electron chi connectivity index (χ0n) is 28.0. The maximum atomic E-state index is 12.4. The minimum Gasteiger partial charge on any atom is -0.476 e. The van der Waals surface area contributed by atoms with Gasteiger partial charge in [-0.25, -0.2) is 19.6 Å². The number of benzene rings is 2. The van der Waals surface area contributed by atoms with E-state index in [0.717, 1.165) is 18.3 Å². The third kappa shape index (κ3) is 10.5. The molecule has 3 N–H and O–H groups in total. The lowest BCUT2D eigenvalue weighted by atomic mass is 10.1. The maximum absolute atomic E-state index is 12.4. The highest BCUT2D eigenvalue weighted by molar-refractivity contribution is 6.37. The van der Waals surface area contributed by atoms with Crippen molar-refractivity contribution < 1.29 is 65.5 Å². The second-order valence-corrected chi connectivity index (χ2v) is 12.7. The number of carboxylic acids is 2. The van der Waals surface area contributed by atoms with Crippen molar-refractivity contribution in [1.29, 1.82) is 0 Å². The van der Waals surface area contributed by atoms with Crippen LogP contribution in [0.3, 0.4) is 0 Å². The number of carbonyl (C=O) groups excluding carboxylic acids is 1. The Hall–Kier alpha value is -5.27. The standard InChI is InChI=1S/C17H11Cl2F3N2O4.C11H8F3NO2.C6H3Cl2NO2/c1-24-10-5-8(28-17(20,21)22)3-2-7(10)4-11(24)15(25)12-9(18)6-23-14(13(12)19)16(26)27;1-15-8(6-16)4-7-2-3-9(5-10(7)15)17-11(12,13)14;7-3-1-4(8)5(6(10)11)9-2-3/h2-6,15,25H,1H3,(H,26,27);2-6H,1H3;1-2H,(H,10,11). The van der Waals surface area contributed by atoms with Crippen LogP contribution in [-0.2, 0) is 14.1 Å². The molecule has 0 saturated heterocycles. The van der Waals surface area contributed by atoms with Crippen molar-refractivity contribution in [3.05, 3.63) is 115 Å². The first-order valence-corrected chi connectivity index (χ1v) is 16.5. The molecule has 2 aromatic carbocycles. The average molecular weight is 870 g/mol. The number of ether oxygens (including phenoxy) is 2. The van der Waals surface area contributed by atoms with Crippen LogP contribution in [0.4, 0.5) is 26.3 Å². The number of fused-ring (bicyclic) bond motifs is 2. The van der Waals surface area contributed by atoms with Gasteiger partial charge in [0.05, 0.1) is 42.5 Å². The van der Waals surface area contributed by atoms with Gasteiger partial charge >= 0.3 is 24.7 Å². The molecule has 6 rings (SSSR count). The number of pyridine rings is 2. The zero-order chi connectivity index (χ0) is 41.9. The summed E-state index contributed by atoms with van der Waals surface area (Å²) < 4.78 is 84.0. The smallest absolute Gasteiger partial charge is 0.476 e. The summed E-state index contributed by atoms with van der Waals surface area (Å²) in [5.74, 6) is -3.29. The van der Waals surface area contributed by atoms with Gasteiger partial charge in [0.15, 0.2) is 17.7 Å². The molecule has 0 amide bonds. The average Bonchev–Trinajstić information content (AvgIpc) is 3.58. The Balaban J connectivity index is 0.000000210. The number of aromatic nitrogens is 4. The Labute approximate surface area is 329 Å². The SMILES string of the molecule is Cn1c(C(O)c2c(Cl)cnc(C(=O)O)c2Cl)cc2ccc(OC(F)(F)F)cc21.Cn1c(C=O)cc2ccc(OC(F)(F)F)cc21.O=C(O)c1ncc(Cl)cc1Cl. The maximum Gasteiger partial charge on any atom is 0.573 e. The minimum atomic E-state index is -4.84. The van der Waals surface area contributed by atoms with E-state index in [2.05, 4.69) is 19.4 Å². The fraction of sp³-hybridized carbons (Fsp3) is 0.147. The Bertz CT molecular complexity index is 2450. The number of halogens is 10. The highest BCUT2D eigenvalue weighted by Crippen LogP contribution is 2.38. The van der Waals surface area contributed by atoms with E-state index in [9.17, 15) is 45.8 Å². The number of hydrogen-bond donors (Lipinski definition) is 3. The highest BCUT2D eigenvalue weighted by atomic mass is 35.5. The molecular formula is C34H22Cl4F6N4O8. The summed E-state index contributed by atoms with van der Waals surface area (Å²) in [5.41, 5.74) is 0.725. The molecule has 296 valence electrons. The second kappa shape index (κ2) is 17.3. The molecule has 0 spiro atoms. The van der Waals surface area contributed by atoms with Crippen LogP contribution in [0, 0.1) is 0 Å². The summed E-state index contributed by atoms with van der Waals surface area (Å²) in [4.78, 5) is 39.4. The third-order valence-corrected chi connectivity index (χ3v) is 8.65. The number of carbonyl (C=O) groups is 3. The van der Waals surface area contributed by atoms with Gasteiger partial charge in [-0.2, -0.15) is 0 Å². The van der Waals surface area contributed by atoms with Gasteiger partial charge in [-0.1, -0.05) is 46.4 Å². The first-order chi connectivity index (χ1) is 26.0. The molecule has 1 unspecified atom stereocenters. The van der Waals surface area contributed by atoms with E-state index >= 15 is 0 Å². The van der Waals surface area contributed by atoms with Crippen molar-refractivity contribution >= 4 is 86.4 Å². The summed E-state index contributed by atoms with van der Waals surface area (Å²) in [6, 6.07) is 12.1. The molecule has 0 fully saturated rings. The van der Waals surface area contributed by atoms with Crippen LogP contribution < -0.4 is 9.47 Å². The lowest BCUT2D eigenvalue weighted by Gasteiger charge is -2.16. The molecule has 0 saturated carbocycles. The predicted octanol–water partition coefficient (Wildman–Crippen LogP) is 9.53. The Morgan fingerprint density at radius 1 is 0.732 bits per heavy atom. The summed E-state index contributed by atoms with van der Waals surface area (Å²) in [6.45, 7) is 0. The van der Waals surface area contributed by atoms with E-state index in [-0.39, 0.29) is 37.8 Å². The number of alkyl halides is 6. The minimum absolute atomic E-state index is 0.0463. The first kappa shape index (κ1) is 43.5. The molecule has 0 aliphatic carbocycles. The highest BCUT2D eigenvalue weighted by Gasteiger charge is 2.32. The molecule has 0 bridgehead atoms. The van der Waals surface area contributed by atoms with Crippen molar-refractivity contribution in [1.82, 2.24) is 19.1 Å². The molecular weight excluding hydrogens is 848 g/mol. The first-order valence-electron chi connectivity index (χ1n) is 15.0. The lowest BCUT2D eigenvalue weighted by Crippen LogP contribution is -2.17. The van der Waals surface area contributed by atoms with Gasteiger partial charge in [0.25, 0.3) is 0 Å². The van der Waals surface area contributed by atoms with Crippen molar-refractivity contribution in [3.63, 3.8) is 0 Å². The van der Waals surface area contributed by atoms with E-state index in [0.29, 0.717) is 38.8 Å². The van der Waals surface area contributed by atoms with Gasteiger partial charge in [0, 0.05) is 55.0 Å². The fourth-order valence-corrected chi connectivity index (χ4v) is 6.12. The van der Waals surface area contributed by atoms with Crippen LogP contribution in [0.5, 0.6) is 11.5 Å². The van der Waals surface area contributed by atoms with E-state index < -0.39 is 42.2 Å². The number of carboxylic acid groups (broad SMARTS) is 2. The number of aliphatic hydroxyl groups excluding tert-OH is 1. The number of hydrogen-bond acceptors (Lipinski definition) is 8. The van der Waals surface area contributed by atoms with Crippen molar-refractivity contribution in [2.24, 2.45) is 14.1 Å². The van der Waals surface area contributed by atoms with E-state index in [4.69, 9.17) is 56.6 Å². The summed E-state index contributed by atoms with van der Waals surface area (Å²) in [5, 5.41) is 29.6. The van der Waals surface area contributed by atoms with Crippen LogP contribution in [0.15, 0.2) is 67.0 Å². The third-order valence-electron chi connectivity index (χ3n) is 7.47. The lowest BCUT2D eigenvalue weighted by molar-refractivity contribution is -0.275. The number of aldehydes is 1. The van der Waals surface area contributed by atoms with E-state index in [1.165, 1.54) is 58.8 Å². The second-order valence-electron chi connectivity index (χ2n) is 11.1. The Morgan fingerprint density at radius 3 is 1.71 bits per heavy atom. The predicted molar refractivity (Wildman–Crippen MR) is 191 cm³/mol. The van der Waals surface area contributed by atoms with Gasteiger partial charge < -0.3 is 33.9 Å². The fourth-order valence-electron chi connectivity index (χ4n) is 5.03. The summed E-state index contributed by atoms with van der Waals surface area (Å²) >= 11 is 23.1. The summed E-state index contributed by atoms with van der Waals surface area (Å²) in [6.07, 6.45) is -8.08. The van der Waals surface area contributed by atoms with Gasteiger partial charge in [-0.15, -0.1) is 26.3 Å². The molecule has 56 heavy (non-hydrogen) atoms. The molecule has 4 heterocycles. The van der Waals surface area contributed by atoms with Crippen LogP contribution in [0.25, 0.3) is 21.8 Å². The molecule has 0 aliphatic heterocycles. The van der Waals surface area contributed by atoms with Crippen LogP contribution >= 0.6 is 46.4 Å². The van der Waals surface area contributed by atoms with Crippen LogP contribution in [0.2, 0.25) is 20.1 Å². The van der Waals surface area contributed by atoms with Gasteiger partial charge in [0.1, 0.15) is 17.6 Å². The van der Waals surface area contributed by atoms with Crippen molar-refractivity contribution in [2.75, 3.05) is 0 Å². The number of aryl methyl sites for hydroxylation is 2. The monoisotopic (exact) mass is 868 g/mol. The zero-order valence-corrected chi connectivity index (χ0v) is 31.0. The Kier molecular flexibility index (Phi) is 13.4. The van der Waals surface area contributed by atoms with Crippen LogP contribution in [-0.4, -0.2) is 65.4 Å². The normalized spacial score (nSPS) is 11.9. The largest absolute Gasteiger partial charge is 0.573 e. The number of aliphatic hydroxyl groups is 1. The van der Waals surface area contributed by atoms with E-state index in [1.807, 2.05) is 0 Å². The molecule has 12 nitrogen and oxygen atoms in total. The molecule has 6 aromatic rings. The summed E-state index contributed by atoms with van der Waals surface area (Å²) in [7, 11) is 3.11. The topological polar surface area (TPSA) is 166 Å². The number of aromatic carboxylic acids is 2. The molecule has 0 radical (unpaired) electrons. The molecule has 22 heteroatoms. The van der Waals surface area contributed by atoms with Crippen molar-refractivity contribution in [2.45, 2.75) is 18.8 Å². The molecule has 1 atom stereocenters. The quantitative estimate of drug-likeness (QED) is 0.104. The van der Waals surface area contributed by atoms with Gasteiger partial charge in [-0.05, 0) is 42.5 Å². The Morgan fingerprint density at radius 2 is 1.23 bits per heavy atom. The van der Waals surface area contributed by atoms with Gasteiger partial charge in [-0.3, -0.25) is 4.79 Å². The molecule has 0 aliphatic rings. The van der Waals surface area contributed by atoms with Gasteiger partial charge in [0.2, 0.25) is 0 Å². The van der Waals surface area contributed by atoms with E-state index in [1.54, 1.807) is 13.1 Å². The van der Waals surface area contributed by atoms with Crippen LogP contribution in [0.1, 0.15) is 48.8 Å². The number of nitrogens with zero attached hydrogens (tertiary/aromatic N) is 4.